The fraction of sp³-hybridized carbons (Fsp3) is 0.500. The minimum absolute atomic E-state index is 0.0710. The Balaban J connectivity index is 1.15. The molecule has 0 aromatic heterocycles. The standard InChI is InChI=1S/C34H40N2O9/c1-32(2,3)45-31(40)44-28(20-8-6-5-7-9-20)30(39)35-16-13-25(38)42-23-12-14-34(41)24-18-21-10-11-22(19-37)27-26(21)33(34,29(23)43-27)15-17-36(24)4/h5-12,24,28-29,37,41H,13-19H2,1-4H3,(H,35,39)/t24-,28?,29+,33+,34-/m1/s1. The van der Waals surface area contributed by atoms with Crippen LogP contribution in [0.1, 0.15) is 68.4 Å². The van der Waals surface area contributed by atoms with E-state index >= 15 is 0 Å². The number of aliphatic hydroxyl groups excluding tert-OH is 1. The van der Waals surface area contributed by atoms with Gasteiger partial charge in [-0.25, -0.2) is 4.79 Å². The van der Waals surface area contributed by atoms with Crippen LogP contribution in [0, 0.1) is 0 Å². The van der Waals surface area contributed by atoms with Crippen molar-refractivity contribution < 1.29 is 43.5 Å². The van der Waals surface area contributed by atoms with Crippen LogP contribution in [-0.2, 0) is 42.2 Å². The monoisotopic (exact) mass is 620 g/mol. The lowest BCUT2D eigenvalue weighted by molar-refractivity contribution is -0.169. The molecule has 0 saturated carbocycles. The highest BCUT2D eigenvalue weighted by Crippen LogP contribution is 2.64. The average Bonchev–Trinajstić information content (AvgIpc) is 3.34. The number of benzene rings is 2. The van der Waals surface area contributed by atoms with Gasteiger partial charge in [-0.15, -0.1) is 0 Å². The van der Waals surface area contributed by atoms with E-state index in [1.807, 2.05) is 19.2 Å². The zero-order chi connectivity index (χ0) is 32.1. The molecule has 11 heteroatoms. The first-order valence-electron chi connectivity index (χ1n) is 15.4. The van der Waals surface area contributed by atoms with Crippen molar-refractivity contribution in [1.82, 2.24) is 10.2 Å². The quantitative estimate of drug-likeness (QED) is 0.377. The number of piperidine rings is 1. The first-order valence-corrected chi connectivity index (χ1v) is 15.4. The first-order chi connectivity index (χ1) is 21.4. The largest absolute Gasteiger partial charge is 0.509 e. The van der Waals surface area contributed by atoms with Crippen molar-refractivity contribution in [2.24, 2.45) is 0 Å². The average molecular weight is 621 g/mol. The fourth-order valence-corrected chi connectivity index (χ4v) is 7.47. The summed E-state index contributed by atoms with van der Waals surface area (Å²) in [5, 5.41) is 25.1. The van der Waals surface area contributed by atoms with E-state index in [-0.39, 0.29) is 32.0 Å². The summed E-state index contributed by atoms with van der Waals surface area (Å²) in [6.07, 6.45) is 0.107. The zero-order valence-electron chi connectivity index (χ0n) is 26.0. The van der Waals surface area contributed by atoms with Gasteiger partial charge in [0.2, 0.25) is 6.10 Å². The minimum Gasteiger partial charge on any atom is -0.481 e. The molecule has 2 aliphatic heterocycles. The van der Waals surface area contributed by atoms with Crippen LogP contribution in [0.15, 0.2) is 54.3 Å². The Morgan fingerprint density at radius 1 is 1.16 bits per heavy atom. The van der Waals surface area contributed by atoms with Crippen molar-refractivity contribution in [2.75, 3.05) is 20.1 Å². The Kier molecular flexibility index (Phi) is 7.91. The van der Waals surface area contributed by atoms with E-state index in [0.717, 1.165) is 17.7 Å². The molecule has 1 spiro atoms. The number of ether oxygens (including phenoxy) is 4. The maximum atomic E-state index is 13.1. The second kappa shape index (κ2) is 11.5. The van der Waals surface area contributed by atoms with E-state index in [1.165, 1.54) is 0 Å². The number of carbonyl (C=O) groups excluding carboxylic acids is 3. The molecule has 3 N–H and O–H groups in total. The summed E-state index contributed by atoms with van der Waals surface area (Å²) in [7, 11) is 2.02. The van der Waals surface area contributed by atoms with Crippen LogP contribution in [0.2, 0.25) is 0 Å². The van der Waals surface area contributed by atoms with Crippen LogP contribution in [0.25, 0.3) is 0 Å². The second-order valence-corrected chi connectivity index (χ2v) is 13.3. The highest BCUT2D eigenvalue weighted by molar-refractivity contribution is 5.84. The maximum Gasteiger partial charge on any atom is 0.509 e. The van der Waals surface area contributed by atoms with Crippen LogP contribution in [0.3, 0.4) is 0 Å². The maximum absolute atomic E-state index is 13.1. The third-order valence-electron chi connectivity index (χ3n) is 9.43. The molecule has 6 rings (SSSR count). The van der Waals surface area contributed by atoms with Crippen LogP contribution < -0.4 is 10.1 Å². The van der Waals surface area contributed by atoms with E-state index in [1.54, 1.807) is 57.2 Å². The van der Waals surface area contributed by atoms with Gasteiger partial charge in [-0.2, -0.15) is 0 Å². The molecule has 2 aliphatic carbocycles. The van der Waals surface area contributed by atoms with Crippen LogP contribution >= 0.6 is 0 Å². The number of likely N-dealkylation sites (tertiary alicyclic amines) is 1. The van der Waals surface area contributed by atoms with Gasteiger partial charge in [0, 0.05) is 35.7 Å². The van der Waals surface area contributed by atoms with Crippen molar-refractivity contribution in [2.45, 2.75) is 87.9 Å². The second-order valence-electron chi connectivity index (χ2n) is 13.3. The molecule has 1 fully saturated rings. The van der Waals surface area contributed by atoms with Gasteiger partial charge in [-0.1, -0.05) is 42.5 Å². The molecule has 240 valence electrons. The topological polar surface area (TPSA) is 144 Å². The molecule has 0 radical (unpaired) electrons. The summed E-state index contributed by atoms with van der Waals surface area (Å²) in [5.74, 6) is -0.314. The lowest BCUT2D eigenvalue weighted by Crippen LogP contribution is -2.74. The smallest absolute Gasteiger partial charge is 0.481 e. The van der Waals surface area contributed by atoms with Crippen molar-refractivity contribution in [3.05, 3.63) is 76.6 Å². The van der Waals surface area contributed by atoms with Crippen LogP contribution in [0.4, 0.5) is 4.79 Å². The highest BCUT2D eigenvalue weighted by atomic mass is 16.7. The summed E-state index contributed by atoms with van der Waals surface area (Å²) in [5.41, 5.74) is 0.303. The van der Waals surface area contributed by atoms with E-state index in [4.69, 9.17) is 18.9 Å². The van der Waals surface area contributed by atoms with Gasteiger partial charge in [0.05, 0.1) is 24.0 Å². The van der Waals surface area contributed by atoms with Gasteiger partial charge < -0.3 is 39.4 Å². The summed E-state index contributed by atoms with van der Waals surface area (Å²) in [4.78, 5) is 40.8. The van der Waals surface area contributed by atoms with E-state index in [2.05, 4.69) is 10.2 Å². The number of nitrogens with one attached hydrogen (secondary N) is 1. The zero-order valence-corrected chi connectivity index (χ0v) is 26.0. The summed E-state index contributed by atoms with van der Waals surface area (Å²) in [6.45, 7) is 5.53. The molecular weight excluding hydrogens is 580 g/mol. The molecule has 2 aromatic rings. The predicted molar refractivity (Wildman–Crippen MR) is 161 cm³/mol. The number of aliphatic hydroxyl groups is 2. The molecule has 1 unspecified atom stereocenters. The van der Waals surface area contributed by atoms with Gasteiger partial charge in [-0.05, 0) is 58.8 Å². The SMILES string of the molecule is CN1CC[C@]23c4c5ccc(CO)c4O[C@H]2C(OC(=O)CCNC(=O)C(OC(=O)OC(C)(C)C)c2ccccc2)=CC[C@@]3(O)[C@H]1C5. The van der Waals surface area contributed by atoms with Gasteiger partial charge in [0.1, 0.15) is 17.1 Å². The molecule has 5 atom stereocenters. The number of carbonyl (C=O) groups is 3. The highest BCUT2D eigenvalue weighted by Gasteiger charge is 2.71. The normalized spacial score (nSPS) is 26.9. The number of amides is 1. The van der Waals surface area contributed by atoms with Crippen LogP contribution in [0.5, 0.6) is 5.75 Å². The molecular formula is C34H40N2O9. The van der Waals surface area contributed by atoms with Crippen molar-refractivity contribution in [1.29, 1.82) is 0 Å². The number of nitrogens with zero attached hydrogens (tertiary/aromatic N) is 1. The summed E-state index contributed by atoms with van der Waals surface area (Å²) < 4.78 is 23.0. The van der Waals surface area contributed by atoms with Gasteiger partial charge in [0.25, 0.3) is 5.91 Å². The van der Waals surface area contributed by atoms with E-state index in [9.17, 15) is 24.6 Å². The van der Waals surface area contributed by atoms with E-state index in [0.29, 0.717) is 35.5 Å². The Labute approximate surface area is 262 Å². The Hall–Kier alpha value is -3.93. The number of likely N-dealkylation sites (N-methyl/N-ethyl adjacent to an activating group) is 1. The third-order valence-corrected chi connectivity index (χ3v) is 9.43. The number of esters is 1. The Bertz CT molecular complexity index is 1530. The Morgan fingerprint density at radius 3 is 2.62 bits per heavy atom. The minimum atomic E-state index is -1.28. The number of hydrogen-bond acceptors (Lipinski definition) is 10. The Morgan fingerprint density at radius 2 is 1.91 bits per heavy atom. The van der Waals surface area contributed by atoms with Gasteiger partial charge in [-0.3, -0.25) is 9.59 Å². The fourth-order valence-electron chi connectivity index (χ4n) is 7.47. The lowest BCUT2D eigenvalue weighted by atomic mass is 9.50. The van der Waals surface area contributed by atoms with Crippen molar-refractivity contribution in [3.63, 3.8) is 0 Å². The number of hydrogen-bond donors (Lipinski definition) is 3. The molecule has 4 aliphatic rings. The molecule has 1 saturated heterocycles. The summed E-state index contributed by atoms with van der Waals surface area (Å²) in [6, 6.07) is 12.3. The molecule has 2 aromatic carbocycles. The molecule has 2 heterocycles. The van der Waals surface area contributed by atoms with Crippen molar-refractivity contribution >= 4 is 18.0 Å². The summed E-state index contributed by atoms with van der Waals surface area (Å²) >= 11 is 0. The molecule has 2 bridgehead atoms. The van der Waals surface area contributed by atoms with E-state index < -0.39 is 46.9 Å². The lowest BCUT2D eigenvalue weighted by Gasteiger charge is -2.61. The van der Waals surface area contributed by atoms with Crippen LogP contribution in [-0.4, -0.2) is 76.6 Å². The van der Waals surface area contributed by atoms with Crippen molar-refractivity contribution in [3.8, 4) is 5.75 Å². The first kappa shape index (κ1) is 31.1. The third kappa shape index (κ3) is 5.26. The molecule has 1 amide bonds. The predicted octanol–water partition coefficient (Wildman–Crippen LogP) is 3.20. The van der Waals surface area contributed by atoms with Gasteiger partial charge in [0.15, 0.2) is 6.10 Å². The number of rotatable bonds is 8. The van der Waals surface area contributed by atoms with Gasteiger partial charge >= 0.3 is 12.1 Å². The molecule has 11 nitrogen and oxygen atoms in total. The molecule has 45 heavy (non-hydrogen) atoms.